The van der Waals surface area contributed by atoms with Crippen LogP contribution >= 0.6 is 7.87 Å². The van der Waals surface area contributed by atoms with Crippen LogP contribution in [0, 0.1) is 0 Å². The number of hydrogen-bond donors (Lipinski definition) is 2. The lowest BCUT2D eigenvalue weighted by Crippen LogP contribution is -2.42. The van der Waals surface area contributed by atoms with Crippen molar-refractivity contribution in [3.63, 3.8) is 0 Å². The predicted octanol–water partition coefficient (Wildman–Crippen LogP) is 11.6. The maximum atomic E-state index is 13.5. The third-order valence-corrected chi connectivity index (χ3v) is 18.6. The van der Waals surface area contributed by atoms with Gasteiger partial charge in [-0.05, 0) is 103 Å². The number of carbonyl (C=O) groups is 1. The summed E-state index contributed by atoms with van der Waals surface area (Å²) in [4.78, 5) is 40.8. The predicted molar refractivity (Wildman–Crippen MR) is 293 cm³/mol. The van der Waals surface area contributed by atoms with Crippen molar-refractivity contribution < 1.29 is 33.2 Å². The summed E-state index contributed by atoms with van der Waals surface area (Å²) >= 11 is 0. The lowest BCUT2D eigenvalue weighted by molar-refractivity contribution is -0.0915. The van der Waals surface area contributed by atoms with Crippen molar-refractivity contribution in [2.24, 2.45) is 0 Å². The molecular weight excluding hydrogens is 964 g/mol. The zero-order chi connectivity index (χ0) is 51.7. The highest BCUT2D eigenvalue weighted by molar-refractivity contribution is 7.63. The van der Waals surface area contributed by atoms with Crippen molar-refractivity contribution in [2.45, 2.75) is 81.8 Å². The molecule has 1 fully saturated rings. The van der Waals surface area contributed by atoms with E-state index in [2.05, 4.69) is 108 Å². The molecule has 380 valence electrons. The molecule has 74 heavy (non-hydrogen) atoms. The van der Waals surface area contributed by atoms with Crippen LogP contribution < -0.4 is 14.8 Å². The van der Waals surface area contributed by atoms with Crippen LogP contribution in [0.5, 0.6) is 11.5 Å². The maximum absolute atomic E-state index is 13.5. The summed E-state index contributed by atoms with van der Waals surface area (Å²) in [5.41, 5.74) is 5.45. The van der Waals surface area contributed by atoms with Crippen LogP contribution in [-0.4, -0.2) is 95.8 Å². The number of amides is 1. The van der Waals surface area contributed by atoms with E-state index < -0.39 is 31.9 Å². The van der Waals surface area contributed by atoms with E-state index in [0.717, 1.165) is 22.7 Å². The first-order valence-electron chi connectivity index (χ1n) is 25.1. The fraction of sp³-hybridized carbons (Fsp3) is 0.288. The SMILES string of the molecule is COc1ccc(C(OC[C@H]2O[C@@H](n3cnc4c(NC(=O)c5ccccc5)ncnc43)C[C@@H]2O[P+](O)(CC[Si]C(c2ccccc2)c2ccccc2)N(C(C)C)C(C)C)(c2ccccc2)c2ccc(OC)cc2)cc1. The van der Waals surface area contributed by atoms with E-state index in [4.69, 9.17) is 28.5 Å². The van der Waals surface area contributed by atoms with Gasteiger partial charge in [-0.15, -0.1) is 4.67 Å². The molecule has 2 N–H and O–H groups in total. The third kappa shape index (κ3) is 11.4. The summed E-state index contributed by atoms with van der Waals surface area (Å²) in [5.74, 6) is 1.38. The Labute approximate surface area is 437 Å². The molecule has 1 unspecified atom stereocenters. The maximum Gasteiger partial charge on any atom is 0.345 e. The van der Waals surface area contributed by atoms with E-state index >= 15 is 0 Å². The van der Waals surface area contributed by atoms with Gasteiger partial charge in [-0.1, -0.05) is 133 Å². The van der Waals surface area contributed by atoms with Crippen molar-refractivity contribution in [1.29, 1.82) is 0 Å². The van der Waals surface area contributed by atoms with E-state index in [-0.39, 0.29) is 36.0 Å². The van der Waals surface area contributed by atoms with Crippen LogP contribution in [0.4, 0.5) is 5.82 Å². The zero-order valence-corrected chi connectivity index (χ0v) is 44.6. The molecule has 1 amide bonds. The Bertz CT molecular complexity index is 2950. The van der Waals surface area contributed by atoms with Crippen molar-refractivity contribution >= 4 is 40.3 Å². The summed E-state index contributed by atoms with van der Waals surface area (Å²) in [6.07, 6.45) is 1.78. The summed E-state index contributed by atoms with van der Waals surface area (Å²) in [5, 5.41) is 2.93. The number of carbonyl (C=O) groups excluding carboxylic acids is 1. The number of anilines is 1. The van der Waals surface area contributed by atoms with E-state index in [9.17, 15) is 9.69 Å². The molecule has 0 spiro atoms. The van der Waals surface area contributed by atoms with Gasteiger partial charge in [0.2, 0.25) is 0 Å². The second-order valence-corrected chi connectivity index (χ2v) is 22.8. The van der Waals surface area contributed by atoms with Gasteiger partial charge >= 0.3 is 7.87 Å². The molecule has 9 rings (SSSR count). The molecule has 6 aromatic carbocycles. The lowest BCUT2D eigenvalue weighted by atomic mass is 9.80. The highest BCUT2D eigenvalue weighted by atomic mass is 31.2. The van der Waals surface area contributed by atoms with Crippen LogP contribution in [0.15, 0.2) is 183 Å². The van der Waals surface area contributed by atoms with E-state index in [1.165, 1.54) is 17.5 Å². The monoisotopic (exact) mass is 1030 g/mol. The highest BCUT2D eigenvalue weighted by Crippen LogP contribution is 2.64. The molecule has 8 aromatic rings. The Kier molecular flexibility index (Phi) is 16.8. The molecule has 2 radical (unpaired) electrons. The number of fused-ring (bicyclic) bond motifs is 1. The van der Waals surface area contributed by atoms with E-state index in [0.29, 0.717) is 50.3 Å². The van der Waals surface area contributed by atoms with Gasteiger partial charge in [-0.2, -0.15) is 4.52 Å². The Morgan fingerprint density at radius 1 is 0.743 bits per heavy atom. The molecule has 1 aliphatic rings. The molecule has 15 heteroatoms. The summed E-state index contributed by atoms with van der Waals surface area (Å²) < 4.78 is 37.4. The quantitative estimate of drug-likeness (QED) is 0.0380. The Balaban J connectivity index is 1.10. The summed E-state index contributed by atoms with van der Waals surface area (Å²) in [6, 6.07) is 56.8. The molecule has 0 bridgehead atoms. The molecule has 0 aliphatic carbocycles. The number of ether oxygens (including phenoxy) is 4. The molecule has 0 saturated carbocycles. The number of nitrogens with one attached hydrogen (secondary N) is 1. The lowest BCUT2D eigenvalue weighted by Gasteiger charge is -2.38. The number of rotatable bonds is 22. The van der Waals surface area contributed by atoms with Gasteiger partial charge in [0.05, 0.1) is 36.7 Å². The number of benzene rings is 6. The fourth-order valence-corrected chi connectivity index (χ4v) is 15.5. The number of hydrogen-bond acceptors (Lipinski definition) is 11. The van der Waals surface area contributed by atoms with Gasteiger partial charge in [-0.3, -0.25) is 9.36 Å². The largest absolute Gasteiger partial charge is 0.497 e. The Morgan fingerprint density at radius 2 is 1.27 bits per heavy atom. The molecule has 2 aromatic heterocycles. The van der Waals surface area contributed by atoms with E-state index in [1.54, 1.807) is 32.7 Å². The third-order valence-electron chi connectivity index (χ3n) is 13.5. The van der Waals surface area contributed by atoms with Crippen molar-refractivity contribution in [2.75, 3.05) is 32.3 Å². The van der Waals surface area contributed by atoms with Crippen LogP contribution in [0.1, 0.15) is 84.1 Å². The minimum atomic E-state index is -3.40. The molecule has 13 nitrogen and oxygen atoms in total. The number of methoxy groups -OCH3 is 2. The first-order chi connectivity index (χ1) is 36.0. The molecule has 3 heterocycles. The van der Waals surface area contributed by atoms with Gasteiger partial charge in [0.1, 0.15) is 48.0 Å². The average molecular weight is 1030 g/mol. The van der Waals surface area contributed by atoms with Gasteiger partial charge in [0, 0.05) is 24.1 Å². The second kappa shape index (κ2) is 23.7. The van der Waals surface area contributed by atoms with Gasteiger partial charge in [-0.25, -0.2) is 19.8 Å². The van der Waals surface area contributed by atoms with E-state index in [1.807, 2.05) is 102 Å². The van der Waals surface area contributed by atoms with Crippen molar-refractivity contribution in [3.05, 3.63) is 216 Å². The zero-order valence-electron chi connectivity index (χ0n) is 42.7. The summed E-state index contributed by atoms with van der Waals surface area (Å²) in [6.45, 7) is 8.51. The number of imidazole rings is 1. The highest BCUT2D eigenvalue weighted by Gasteiger charge is 2.54. The molecular formula is C59H64N6O7PSi+. The van der Waals surface area contributed by atoms with Gasteiger partial charge < -0.3 is 24.3 Å². The fourth-order valence-electron chi connectivity index (χ4n) is 10.2. The normalized spacial score (nSPS) is 16.8. The first kappa shape index (κ1) is 52.3. The summed E-state index contributed by atoms with van der Waals surface area (Å²) in [7, 11) is 0.369. The van der Waals surface area contributed by atoms with Crippen LogP contribution in [0.2, 0.25) is 6.04 Å². The van der Waals surface area contributed by atoms with Crippen LogP contribution in [-0.2, 0) is 19.6 Å². The average Bonchev–Trinajstić information content (AvgIpc) is 4.05. The molecule has 4 atom stereocenters. The van der Waals surface area contributed by atoms with Crippen LogP contribution in [0.3, 0.4) is 0 Å². The second-order valence-electron chi connectivity index (χ2n) is 18.9. The smallest absolute Gasteiger partial charge is 0.345 e. The van der Waals surface area contributed by atoms with Crippen molar-refractivity contribution in [1.82, 2.24) is 24.2 Å². The van der Waals surface area contributed by atoms with Crippen LogP contribution in [0.25, 0.3) is 11.2 Å². The van der Waals surface area contributed by atoms with Crippen molar-refractivity contribution in [3.8, 4) is 11.5 Å². The number of aromatic nitrogens is 4. The van der Waals surface area contributed by atoms with Gasteiger partial charge in [0.25, 0.3) is 5.91 Å². The Morgan fingerprint density at radius 3 is 1.81 bits per heavy atom. The minimum Gasteiger partial charge on any atom is -0.497 e. The minimum absolute atomic E-state index is 0.0433. The standard InChI is InChI=1S/C59H63N6O7PSi/c1-41(2)65(42(3)4)73(67,35-36-74-55(43-19-11-7-12-20-43)44-21-13-8-14-22-44)72-51-37-53(64-40-62-54-56(60-39-61-57(54)64)63-58(66)45-23-15-9-16-24-45)71-52(51)38-70-59(46-25-17-10-18-26-46,47-27-31-49(68-5)32-28-47)48-29-33-50(69-6)34-30-48/h7-34,39-42,51-53,55,67H,35-38H2,1-6H3/p+1/t51-,52+,53+,73?/m0/s1. The topological polar surface area (TPSA) is 142 Å². The number of nitrogens with zero attached hydrogens (tertiary/aromatic N) is 5. The van der Waals surface area contributed by atoms with Gasteiger partial charge in [0.15, 0.2) is 17.0 Å². The molecule has 1 aliphatic heterocycles. The molecule has 1 saturated heterocycles. The first-order valence-corrected chi connectivity index (χ1v) is 28.2. The Hall–Kier alpha value is -6.61.